The van der Waals surface area contributed by atoms with Crippen LogP contribution in [0.4, 0.5) is 0 Å². The van der Waals surface area contributed by atoms with Crippen molar-refractivity contribution in [3.05, 3.63) is 23.8 Å². The zero-order chi connectivity index (χ0) is 15.2. The normalized spacial score (nSPS) is 19.9. The lowest BCUT2D eigenvalue weighted by Gasteiger charge is -2.24. The Balaban J connectivity index is 0.00000192. The minimum Gasteiger partial charge on any atom is -0.454 e. The van der Waals surface area contributed by atoms with Crippen molar-refractivity contribution in [1.29, 1.82) is 0 Å². The van der Waals surface area contributed by atoms with Crippen LogP contribution in [0, 0.1) is 0 Å². The highest BCUT2D eigenvalue weighted by Crippen LogP contribution is 2.32. The summed E-state index contributed by atoms with van der Waals surface area (Å²) in [6.45, 7) is 3.55. The molecule has 1 unspecified atom stereocenters. The summed E-state index contributed by atoms with van der Waals surface area (Å²) < 4.78 is 21.6. The topological polar surface area (TPSA) is 73.3 Å². The molecule has 2 aliphatic rings. The van der Waals surface area contributed by atoms with Crippen molar-refractivity contribution in [2.24, 2.45) is 4.99 Å². The molecule has 1 fully saturated rings. The number of ether oxygens (including phenoxy) is 4. The maximum absolute atomic E-state index is 5.59. The molecule has 0 aromatic heterocycles. The molecule has 1 atom stereocenters. The van der Waals surface area contributed by atoms with Gasteiger partial charge in [0, 0.05) is 20.1 Å². The Bertz CT molecular complexity index is 535. The first-order chi connectivity index (χ1) is 10.8. The van der Waals surface area contributed by atoms with E-state index >= 15 is 0 Å². The Morgan fingerprint density at radius 1 is 1.22 bits per heavy atom. The third-order valence-corrected chi connectivity index (χ3v) is 3.50. The van der Waals surface area contributed by atoms with Gasteiger partial charge in [0.05, 0.1) is 25.9 Å². The summed E-state index contributed by atoms with van der Waals surface area (Å²) in [5, 5.41) is 6.50. The fraction of sp³-hybridized carbons (Fsp3) is 0.533. The summed E-state index contributed by atoms with van der Waals surface area (Å²) in [6.07, 6.45) is 0.0674. The minimum atomic E-state index is 0. The van der Waals surface area contributed by atoms with Crippen LogP contribution in [-0.2, 0) is 16.0 Å². The third-order valence-electron chi connectivity index (χ3n) is 3.50. The zero-order valence-electron chi connectivity index (χ0n) is 13.0. The van der Waals surface area contributed by atoms with E-state index in [1.807, 2.05) is 18.2 Å². The van der Waals surface area contributed by atoms with Crippen molar-refractivity contribution in [1.82, 2.24) is 10.6 Å². The lowest BCUT2D eigenvalue weighted by Crippen LogP contribution is -2.44. The van der Waals surface area contributed by atoms with Crippen molar-refractivity contribution in [3.8, 4) is 11.5 Å². The number of hydrogen-bond donors (Lipinski definition) is 2. The van der Waals surface area contributed by atoms with Gasteiger partial charge in [0.1, 0.15) is 0 Å². The molecule has 23 heavy (non-hydrogen) atoms. The fourth-order valence-corrected chi connectivity index (χ4v) is 2.32. The van der Waals surface area contributed by atoms with Gasteiger partial charge in [0.25, 0.3) is 0 Å². The molecule has 0 bridgehead atoms. The first kappa shape index (κ1) is 18.1. The highest BCUT2D eigenvalue weighted by molar-refractivity contribution is 14.0. The van der Waals surface area contributed by atoms with Crippen LogP contribution in [0.15, 0.2) is 23.2 Å². The number of nitrogens with zero attached hydrogens (tertiary/aromatic N) is 1. The van der Waals surface area contributed by atoms with E-state index in [0.29, 0.717) is 39.7 Å². The third kappa shape index (κ3) is 5.11. The molecule has 3 rings (SSSR count). The van der Waals surface area contributed by atoms with Crippen LogP contribution in [0.25, 0.3) is 0 Å². The number of aliphatic imine (C=N–C) groups is 1. The second kappa shape index (κ2) is 9.14. The van der Waals surface area contributed by atoms with E-state index < -0.39 is 0 Å². The lowest BCUT2D eigenvalue weighted by molar-refractivity contribution is -0.0850. The Kier molecular flexibility index (Phi) is 7.18. The van der Waals surface area contributed by atoms with Gasteiger partial charge in [-0.15, -0.1) is 24.0 Å². The maximum atomic E-state index is 5.59. The average molecular weight is 435 g/mol. The van der Waals surface area contributed by atoms with Gasteiger partial charge in [0.15, 0.2) is 17.5 Å². The molecule has 8 heteroatoms. The number of benzene rings is 1. The summed E-state index contributed by atoms with van der Waals surface area (Å²) in [5.41, 5.74) is 1.10. The van der Waals surface area contributed by atoms with Crippen LogP contribution in [-0.4, -0.2) is 52.3 Å². The highest BCUT2D eigenvalue weighted by Gasteiger charge is 2.15. The van der Waals surface area contributed by atoms with E-state index in [4.69, 9.17) is 18.9 Å². The Morgan fingerprint density at radius 2 is 2.09 bits per heavy atom. The largest absolute Gasteiger partial charge is 0.454 e. The van der Waals surface area contributed by atoms with Gasteiger partial charge in [-0.2, -0.15) is 0 Å². The number of halogens is 1. The van der Waals surface area contributed by atoms with Crippen molar-refractivity contribution < 1.29 is 18.9 Å². The van der Waals surface area contributed by atoms with Crippen molar-refractivity contribution in [3.63, 3.8) is 0 Å². The minimum absolute atomic E-state index is 0. The monoisotopic (exact) mass is 435 g/mol. The Hall–Kier alpha value is -1.26. The maximum Gasteiger partial charge on any atom is 0.231 e. The van der Waals surface area contributed by atoms with Gasteiger partial charge in [0.2, 0.25) is 6.79 Å². The molecule has 128 valence electrons. The van der Waals surface area contributed by atoms with Crippen LogP contribution in [0.5, 0.6) is 11.5 Å². The Labute approximate surface area is 152 Å². The van der Waals surface area contributed by atoms with Crippen LogP contribution in [0.2, 0.25) is 0 Å². The molecule has 1 aromatic rings. The number of fused-ring (bicyclic) bond motifs is 1. The zero-order valence-corrected chi connectivity index (χ0v) is 15.4. The predicted molar refractivity (Wildman–Crippen MR) is 96.7 cm³/mol. The van der Waals surface area contributed by atoms with E-state index in [9.17, 15) is 0 Å². The van der Waals surface area contributed by atoms with Gasteiger partial charge in [-0.1, -0.05) is 6.07 Å². The Morgan fingerprint density at radius 3 is 2.87 bits per heavy atom. The molecular weight excluding hydrogens is 413 g/mol. The van der Waals surface area contributed by atoms with Gasteiger partial charge in [-0.25, -0.2) is 0 Å². The second-order valence-electron chi connectivity index (χ2n) is 5.06. The van der Waals surface area contributed by atoms with Crippen LogP contribution in [0.1, 0.15) is 5.56 Å². The summed E-state index contributed by atoms with van der Waals surface area (Å²) in [5.74, 6) is 2.31. The van der Waals surface area contributed by atoms with Gasteiger partial charge < -0.3 is 29.6 Å². The number of nitrogens with one attached hydrogen (secondary N) is 2. The average Bonchev–Trinajstić information content (AvgIpc) is 3.03. The van der Waals surface area contributed by atoms with Crippen LogP contribution < -0.4 is 20.1 Å². The number of guanidine groups is 1. The summed E-state index contributed by atoms with van der Waals surface area (Å²) in [6, 6.07) is 5.90. The van der Waals surface area contributed by atoms with Crippen molar-refractivity contribution in [2.45, 2.75) is 12.6 Å². The molecule has 0 amide bonds. The molecule has 1 aromatic carbocycles. The first-order valence-electron chi connectivity index (χ1n) is 7.37. The number of hydrogen-bond acceptors (Lipinski definition) is 5. The quantitative estimate of drug-likeness (QED) is 0.420. The van der Waals surface area contributed by atoms with Crippen LogP contribution >= 0.6 is 24.0 Å². The molecule has 2 heterocycles. The van der Waals surface area contributed by atoms with Gasteiger partial charge >= 0.3 is 0 Å². The predicted octanol–water partition coefficient (Wildman–Crippen LogP) is 1.11. The summed E-state index contributed by atoms with van der Waals surface area (Å²) >= 11 is 0. The molecule has 0 radical (unpaired) electrons. The molecule has 0 spiro atoms. The number of rotatable bonds is 4. The van der Waals surface area contributed by atoms with Crippen molar-refractivity contribution in [2.75, 3.05) is 40.2 Å². The first-order valence-corrected chi connectivity index (χ1v) is 7.37. The molecule has 2 aliphatic heterocycles. The molecule has 1 saturated heterocycles. The SMILES string of the molecule is CN=C(NCc1ccc2c(c1)OCO2)NCC1COCCO1.I. The van der Waals surface area contributed by atoms with Crippen LogP contribution in [0.3, 0.4) is 0 Å². The molecule has 2 N–H and O–H groups in total. The second-order valence-corrected chi connectivity index (χ2v) is 5.06. The van der Waals surface area contributed by atoms with E-state index in [0.717, 1.165) is 23.0 Å². The standard InChI is InChI=1S/C15H21N3O4.HI/c1-16-15(18-8-12-9-19-4-5-20-12)17-7-11-2-3-13-14(6-11)22-10-21-13;/h2-3,6,12H,4-5,7-10H2,1H3,(H2,16,17,18);1H. The van der Waals surface area contributed by atoms with E-state index in [1.54, 1.807) is 7.05 Å². The van der Waals surface area contributed by atoms with E-state index in [-0.39, 0.29) is 30.1 Å². The van der Waals surface area contributed by atoms with Gasteiger partial charge in [-0.05, 0) is 17.7 Å². The molecule has 7 nitrogen and oxygen atoms in total. The van der Waals surface area contributed by atoms with Gasteiger partial charge in [-0.3, -0.25) is 4.99 Å². The summed E-state index contributed by atoms with van der Waals surface area (Å²) in [4.78, 5) is 4.20. The fourth-order valence-electron chi connectivity index (χ4n) is 2.32. The van der Waals surface area contributed by atoms with E-state index in [1.165, 1.54) is 0 Å². The molecular formula is C15H22IN3O4. The smallest absolute Gasteiger partial charge is 0.231 e. The van der Waals surface area contributed by atoms with Crippen molar-refractivity contribution >= 4 is 29.9 Å². The molecule has 0 saturated carbocycles. The molecule has 0 aliphatic carbocycles. The highest BCUT2D eigenvalue weighted by atomic mass is 127. The van der Waals surface area contributed by atoms with E-state index in [2.05, 4.69) is 15.6 Å². The summed E-state index contributed by atoms with van der Waals surface area (Å²) in [7, 11) is 1.74. The lowest BCUT2D eigenvalue weighted by atomic mass is 10.2.